The molecule has 3 nitrogen and oxygen atoms in total. The quantitative estimate of drug-likeness (QED) is 0.844. The SMILES string of the molecule is Cc1ccnc(OCC(F)(F)F)c1CN. The van der Waals surface area contributed by atoms with Crippen molar-refractivity contribution in [1.82, 2.24) is 4.98 Å². The summed E-state index contributed by atoms with van der Waals surface area (Å²) in [5.41, 5.74) is 6.66. The second-order valence-corrected chi connectivity index (χ2v) is 3.02. The van der Waals surface area contributed by atoms with Crippen molar-refractivity contribution >= 4 is 0 Å². The fourth-order valence-electron chi connectivity index (χ4n) is 1.09. The van der Waals surface area contributed by atoms with Gasteiger partial charge in [-0.25, -0.2) is 4.98 Å². The average molecular weight is 220 g/mol. The largest absolute Gasteiger partial charge is 0.468 e. The van der Waals surface area contributed by atoms with Crippen molar-refractivity contribution in [1.29, 1.82) is 0 Å². The molecule has 0 radical (unpaired) electrons. The molecule has 0 aliphatic carbocycles. The van der Waals surface area contributed by atoms with Gasteiger partial charge in [0.2, 0.25) is 5.88 Å². The van der Waals surface area contributed by atoms with Gasteiger partial charge in [-0.1, -0.05) is 0 Å². The lowest BCUT2D eigenvalue weighted by Crippen LogP contribution is -2.20. The summed E-state index contributed by atoms with van der Waals surface area (Å²) < 4.78 is 40.2. The molecule has 1 aromatic rings. The van der Waals surface area contributed by atoms with E-state index in [4.69, 9.17) is 5.73 Å². The Morgan fingerprint density at radius 2 is 2.13 bits per heavy atom. The highest BCUT2D eigenvalue weighted by Crippen LogP contribution is 2.21. The minimum Gasteiger partial charge on any atom is -0.468 e. The Morgan fingerprint density at radius 3 is 2.67 bits per heavy atom. The van der Waals surface area contributed by atoms with Crippen molar-refractivity contribution < 1.29 is 17.9 Å². The maximum atomic E-state index is 11.9. The van der Waals surface area contributed by atoms with Crippen LogP contribution in [0.25, 0.3) is 0 Å². The fraction of sp³-hybridized carbons (Fsp3) is 0.444. The number of ether oxygens (including phenoxy) is 1. The van der Waals surface area contributed by atoms with Gasteiger partial charge in [0.25, 0.3) is 0 Å². The number of nitrogens with two attached hydrogens (primary N) is 1. The molecule has 2 N–H and O–H groups in total. The van der Waals surface area contributed by atoms with E-state index in [0.29, 0.717) is 5.56 Å². The van der Waals surface area contributed by atoms with Crippen LogP contribution in [-0.4, -0.2) is 17.8 Å². The lowest BCUT2D eigenvalue weighted by Gasteiger charge is -2.12. The molecule has 6 heteroatoms. The summed E-state index contributed by atoms with van der Waals surface area (Å²) in [5.74, 6) is -0.0465. The number of rotatable bonds is 3. The third-order valence-electron chi connectivity index (χ3n) is 1.83. The van der Waals surface area contributed by atoms with Crippen LogP contribution in [0.2, 0.25) is 0 Å². The Balaban J connectivity index is 2.81. The lowest BCUT2D eigenvalue weighted by atomic mass is 10.1. The van der Waals surface area contributed by atoms with E-state index in [9.17, 15) is 13.2 Å². The highest BCUT2D eigenvalue weighted by molar-refractivity contribution is 5.33. The predicted molar refractivity (Wildman–Crippen MR) is 48.4 cm³/mol. The minimum absolute atomic E-state index is 0.0465. The molecule has 1 aromatic heterocycles. The molecule has 0 bridgehead atoms. The van der Waals surface area contributed by atoms with Gasteiger partial charge < -0.3 is 10.5 Å². The van der Waals surface area contributed by atoms with Crippen LogP contribution < -0.4 is 10.5 Å². The summed E-state index contributed by atoms with van der Waals surface area (Å²) >= 11 is 0. The molecule has 84 valence electrons. The number of alkyl halides is 3. The Morgan fingerprint density at radius 1 is 1.47 bits per heavy atom. The van der Waals surface area contributed by atoms with E-state index in [-0.39, 0.29) is 12.4 Å². The normalized spacial score (nSPS) is 11.5. The van der Waals surface area contributed by atoms with Crippen molar-refractivity contribution in [2.75, 3.05) is 6.61 Å². The first kappa shape index (κ1) is 11.8. The van der Waals surface area contributed by atoms with E-state index in [1.807, 2.05) is 0 Å². The van der Waals surface area contributed by atoms with Crippen LogP contribution >= 0.6 is 0 Å². The monoisotopic (exact) mass is 220 g/mol. The van der Waals surface area contributed by atoms with Gasteiger partial charge in [-0.2, -0.15) is 13.2 Å². The summed E-state index contributed by atoms with van der Waals surface area (Å²) in [7, 11) is 0. The Labute approximate surface area is 85.1 Å². The van der Waals surface area contributed by atoms with Crippen molar-refractivity contribution in [3.8, 4) is 5.88 Å². The standard InChI is InChI=1S/C9H11F3N2O/c1-6-2-3-14-8(7(6)4-13)15-5-9(10,11)12/h2-3H,4-5,13H2,1H3. The number of pyridine rings is 1. The van der Waals surface area contributed by atoms with E-state index in [0.717, 1.165) is 5.56 Å². The highest BCUT2D eigenvalue weighted by atomic mass is 19.4. The first-order chi connectivity index (χ1) is 6.94. The van der Waals surface area contributed by atoms with Gasteiger partial charge in [0.05, 0.1) is 0 Å². The van der Waals surface area contributed by atoms with Crippen molar-refractivity contribution in [2.24, 2.45) is 5.73 Å². The van der Waals surface area contributed by atoms with Crippen molar-refractivity contribution in [3.63, 3.8) is 0 Å². The maximum Gasteiger partial charge on any atom is 0.422 e. The first-order valence-electron chi connectivity index (χ1n) is 4.28. The number of aromatic nitrogens is 1. The van der Waals surface area contributed by atoms with E-state index in [1.54, 1.807) is 13.0 Å². The van der Waals surface area contributed by atoms with Crippen LogP contribution in [-0.2, 0) is 6.54 Å². The Kier molecular flexibility index (Phi) is 3.52. The number of aryl methyl sites for hydroxylation is 1. The molecule has 0 aliphatic rings. The fourth-order valence-corrected chi connectivity index (χ4v) is 1.09. The lowest BCUT2D eigenvalue weighted by molar-refractivity contribution is -0.154. The van der Waals surface area contributed by atoms with Crippen LogP contribution in [0.15, 0.2) is 12.3 Å². The van der Waals surface area contributed by atoms with Gasteiger partial charge in [-0.15, -0.1) is 0 Å². The molecular weight excluding hydrogens is 209 g/mol. The van der Waals surface area contributed by atoms with E-state index < -0.39 is 12.8 Å². The molecule has 0 saturated carbocycles. The van der Waals surface area contributed by atoms with Crippen LogP contribution in [0.4, 0.5) is 13.2 Å². The third-order valence-corrected chi connectivity index (χ3v) is 1.83. The van der Waals surface area contributed by atoms with Gasteiger partial charge in [-0.3, -0.25) is 0 Å². The molecule has 0 saturated heterocycles. The molecule has 0 unspecified atom stereocenters. The number of hydrogen-bond donors (Lipinski definition) is 1. The van der Waals surface area contributed by atoms with Crippen LogP contribution in [0, 0.1) is 6.92 Å². The zero-order valence-electron chi connectivity index (χ0n) is 8.14. The smallest absolute Gasteiger partial charge is 0.422 e. The van der Waals surface area contributed by atoms with Gasteiger partial charge in [-0.05, 0) is 18.6 Å². The summed E-state index contributed by atoms with van der Waals surface area (Å²) in [6, 6.07) is 1.67. The summed E-state index contributed by atoms with van der Waals surface area (Å²) in [5, 5.41) is 0. The highest BCUT2D eigenvalue weighted by Gasteiger charge is 2.29. The molecule has 0 spiro atoms. The second kappa shape index (κ2) is 4.48. The predicted octanol–water partition coefficient (Wildman–Crippen LogP) is 1.79. The molecule has 15 heavy (non-hydrogen) atoms. The molecule has 0 atom stereocenters. The van der Waals surface area contributed by atoms with Gasteiger partial charge in [0.15, 0.2) is 6.61 Å². The van der Waals surface area contributed by atoms with Gasteiger partial charge in [0, 0.05) is 18.3 Å². The first-order valence-corrected chi connectivity index (χ1v) is 4.28. The van der Waals surface area contributed by atoms with E-state index >= 15 is 0 Å². The third kappa shape index (κ3) is 3.39. The molecule has 0 amide bonds. The summed E-state index contributed by atoms with van der Waals surface area (Å²) in [4.78, 5) is 3.71. The Hall–Kier alpha value is -1.30. The topological polar surface area (TPSA) is 48.1 Å². The summed E-state index contributed by atoms with van der Waals surface area (Å²) in [6.07, 6.45) is -2.97. The van der Waals surface area contributed by atoms with Crippen LogP contribution in [0.3, 0.4) is 0 Å². The zero-order chi connectivity index (χ0) is 11.5. The van der Waals surface area contributed by atoms with Crippen LogP contribution in [0.1, 0.15) is 11.1 Å². The molecule has 1 rings (SSSR count). The van der Waals surface area contributed by atoms with Crippen molar-refractivity contribution in [3.05, 3.63) is 23.4 Å². The average Bonchev–Trinajstić information content (AvgIpc) is 2.13. The number of nitrogens with zero attached hydrogens (tertiary/aromatic N) is 1. The van der Waals surface area contributed by atoms with Gasteiger partial charge >= 0.3 is 6.18 Å². The molecule has 1 heterocycles. The second-order valence-electron chi connectivity index (χ2n) is 3.02. The van der Waals surface area contributed by atoms with Crippen molar-refractivity contribution in [2.45, 2.75) is 19.6 Å². The number of halogens is 3. The van der Waals surface area contributed by atoms with E-state index in [2.05, 4.69) is 9.72 Å². The molecule has 0 fully saturated rings. The molecule has 0 aliphatic heterocycles. The molecule has 0 aromatic carbocycles. The maximum absolute atomic E-state index is 11.9. The zero-order valence-corrected chi connectivity index (χ0v) is 8.14. The van der Waals surface area contributed by atoms with E-state index in [1.165, 1.54) is 6.20 Å². The summed E-state index contributed by atoms with van der Waals surface area (Å²) in [6.45, 7) is 0.494. The van der Waals surface area contributed by atoms with Gasteiger partial charge in [0.1, 0.15) is 0 Å². The minimum atomic E-state index is -4.36. The molecular formula is C9H11F3N2O. The van der Waals surface area contributed by atoms with Crippen LogP contribution in [0.5, 0.6) is 5.88 Å². The Bertz CT molecular complexity index is 339. The number of hydrogen-bond acceptors (Lipinski definition) is 3.